The number of benzene rings is 1. The number of H-pyrrole nitrogens is 1. The highest BCUT2D eigenvalue weighted by atomic mass is 19.3. The maximum absolute atomic E-state index is 12.0. The molecule has 0 saturated carbocycles. The van der Waals surface area contributed by atoms with Crippen LogP contribution in [0.5, 0.6) is 5.75 Å². The first kappa shape index (κ1) is 13.5. The standard InChI is InChI=1S/C13H15F2N3O/c14-12(15)9-19-11-3-1-2-10(6-11)7-16-8-13-17-4-5-18-13/h1-6,12,16H,7-9H2,(H,17,18). The van der Waals surface area contributed by atoms with Crippen molar-refractivity contribution in [2.75, 3.05) is 6.61 Å². The average molecular weight is 267 g/mol. The first-order chi connectivity index (χ1) is 9.24. The Balaban J connectivity index is 1.81. The van der Waals surface area contributed by atoms with Gasteiger partial charge in [-0.05, 0) is 17.7 Å². The van der Waals surface area contributed by atoms with Gasteiger partial charge in [-0.15, -0.1) is 0 Å². The highest BCUT2D eigenvalue weighted by molar-refractivity contribution is 5.28. The van der Waals surface area contributed by atoms with Crippen LogP contribution < -0.4 is 10.1 Å². The Morgan fingerprint density at radius 2 is 2.21 bits per heavy atom. The van der Waals surface area contributed by atoms with Crippen LogP contribution in [0.3, 0.4) is 0 Å². The molecule has 0 atom stereocenters. The predicted octanol–water partition coefficient (Wildman–Crippen LogP) is 2.34. The highest BCUT2D eigenvalue weighted by Crippen LogP contribution is 2.14. The van der Waals surface area contributed by atoms with E-state index in [0.717, 1.165) is 11.4 Å². The molecule has 4 nitrogen and oxygen atoms in total. The molecule has 0 fully saturated rings. The number of ether oxygens (including phenoxy) is 1. The number of aromatic amines is 1. The smallest absolute Gasteiger partial charge is 0.272 e. The van der Waals surface area contributed by atoms with Crippen molar-refractivity contribution in [2.24, 2.45) is 0 Å². The molecule has 2 N–H and O–H groups in total. The van der Waals surface area contributed by atoms with E-state index in [0.29, 0.717) is 18.8 Å². The van der Waals surface area contributed by atoms with Crippen LogP contribution in [0.1, 0.15) is 11.4 Å². The Morgan fingerprint density at radius 1 is 1.32 bits per heavy atom. The van der Waals surface area contributed by atoms with Gasteiger partial charge in [0.05, 0.1) is 6.54 Å². The van der Waals surface area contributed by atoms with E-state index < -0.39 is 13.0 Å². The molecule has 102 valence electrons. The largest absolute Gasteiger partial charge is 0.488 e. The summed E-state index contributed by atoms with van der Waals surface area (Å²) >= 11 is 0. The zero-order valence-corrected chi connectivity index (χ0v) is 10.3. The number of alkyl halides is 2. The summed E-state index contributed by atoms with van der Waals surface area (Å²) in [5, 5.41) is 3.20. The summed E-state index contributed by atoms with van der Waals surface area (Å²) in [6.45, 7) is 0.658. The molecule has 19 heavy (non-hydrogen) atoms. The van der Waals surface area contributed by atoms with E-state index in [4.69, 9.17) is 4.74 Å². The third-order valence-electron chi connectivity index (χ3n) is 2.45. The van der Waals surface area contributed by atoms with E-state index in [1.54, 1.807) is 30.6 Å². The van der Waals surface area contributed by atoms with E-state index in [1.165, 1.54) is 0 Å². The topological polar surface area (TPSA) is 49.9 Å². The van der Waals surface area contributed by atoms with E-state index in [9.17, 15) is 8.78 Å². The molecule has 2 aromatic rings. The number of aromatic nitrogens is 2. The van der Waals surface area contributed by atoms with E-state index in [1.807, 2.05) is 6.07 Å². The Morgan fingerprint density at radius 3 is 2.95 bits per heavy atom. The lowest BCUT2D eigenvalue weighted by Gasteiger charge is -2.08. The van der Waals surface area contributed by atoms with Crippen molar-refractivity contribution in [3.8, 4) is 5.75 Å². The van der Waals surface area contributed by atoms with Crippen molar-refractivity contribution in [1.82, 2.24) is 15.3 Å². The van der Waals surface area contributed by atoms with Gasteiger partial charge in [0.1, 0.15) is 18.2 Å². The normalized spacial score (nSPS) is 10.9. The zero-order chi connectivity index (χ0) is 13.5. The summed E-state index contributed by atoms with van der Waals surface area (Å²) < 4.78 is 29.0. The first-order valence-electron chi connectivity index (χ1n) is 5.93. The summed E-state index contributed by atoms with van der Waals surface area (Å²) in [4.78, 5) is 7.07. The van der Waals surface area contributed by atoms with Gasteiger partial charge in [0.2, 0.25) is 0 Å². The zero-order valence-electron chi connectivity index (χ0n) is 10.3. The maximum Gasteiger partial charge on any atom is 0.272 e. The Kier molecular flexibility index (Phi) is 4.85. The highest BCUT2D eigenvalue weighted by Gasteiger charge is 2.04. The minimum absolute atomic E-state index is 0.456. The minimum atomic E-state index is -2.46. The quantitative estimate of drug-likeness (QED) is 0.809. The van der Waals surface area contributed by atoms with Gasteiger partial charge < -0.3 is 15.0 Å². The van der Waals surface area contributed by atoms with Gasteiger partial charge in [-0.2, -0.15) is 0 Å². The second-order valence-electron chi connectivity index (χ2n) is 3.99. The van der Waals surface area contributed by atoms with Gasteiger partial charge in [0, 0.05) is 18.9 Å². The van der Waals surface area contributed by atoms with Crippen molar-refractivity contribution in [2.45, 2.75) is 19.5 Å². The molecule has 0 aliphatic rings. The van der Waals surface area contributed by atoms with Crippen LogP contribution >= 0.6 is 0 Å². The number of imidazole rings is 1. The Hall–Kier alpha value is -1.95. The molecule has 0 bridgehead atoms. The van der Waals surface area contributed by atoms with Gasteiger partial charge in [0.15, 0.2) is 0 Å². The molecule has 0 spiro atoms. The molecule has 2 rings (SSSR count). The first-order valence-corrected chi connectivity index (χ1v) is 5.93. The fourth-order valence-corrected chi connectivity index (χ4v) is 1.62. The summed E-state index contributed by atoms with van der Waals surface area (Å²) in [6, 6.07) is 7.10. The molecule has 0 aliphatic heterocycles. The summed E-state index contributed by atoms with van der Waals surface area (Å²) in [5.41, 5.74) is 0.971. The molecule has 1 aromatic heterocycles. The van der Waals surface area contributed by atoms with Gasteiger partial charge in [0.25, 0.3) is 6.43 Å². The number of nitrogens with zero attached hydrogens (tertiary/aromatic N) is 1. The van der Waals surface area contributed by atoms with E-state index in [2.05, 4.69) is 15.3 Å². The lowest BCUT2D eigenvalue weighted by Crippen LogP contribution is -2.14. The van der Waals surface area contributed by atoms with Gasteiger partial charge in [-0.25, -0.2) is 13.8 Å². The molecular weight excluding hydrogens is 252 g/mol. The Bertz CT molecular complexity index is 488. The molecule has 0 amide bonds. The number of halogens is 2. The summed E-state index contributed by atoms with van der Waals surface area (Å²) in [7, 11) is 0. The monoisotopic (exact) mass is 267 g/mol. The van der Waals surface area contributed by atoms with Gasteiger partial charge in [-0.1, -0.05) is 12.1 Å². The van der Waals surface area contributed by atoms with Crippen molar-refractivity contribution in [3.63, 3.8) is 0 Å². The van der Waals surface area contributed by atoms with Crippen molar-refractivity contribution >= 4 is 0 Å². The van der Waals surface area contributed by atoms with E-state index in [-0.39, 0.29) is 0 Å². The fourth-order valence-electron chi connectivity index (χ4n) is 1.62. The maximum atomic E-state index is 12.0. The van der Waals surface area contributed by atoms with Crippen LogP contribution in [0.2, 0.25) is 0 Å². The van der Waals surface area contributed by atoms with E-state index >= 15 is 0 Å². The third kappa shape index (κ3) is 4.67. The molecule has 0 saturated heterocycles. The molecular formula is C13H15F2N3O. The Labute approximate surface area is 109 Å². The second kappa shape index (κ2) is 6.84. The lowest BCUT2D eigenvalue weighted by molar-refractivity contribution is 0.0818. The van der Waals surface area contributed by atoms with Crippen LogP contribution in [-0.4, -0.2) is 23.0 Å². The fraction of sp³-hybridized carbons (Fsp3) is 0.308. The summed E-state index contributed by atoms with van der Waals surface area (Å²) in [5.74, 6) is 1.31. The number of hydrogen-bond acceptors (Lipinski definition) is 3. The molecule has 0 unspecified atom stereocenters. The molecule has 1 heterocycles. The molecule has 0 radical (unpaired) electrons. The number of nitrogens with one attached hydrogen (secondary N) is 2. The minimum Gasteiger partial charge on any atom is -0.488 e. The molecule has 0 aliphatic carbocycles. The van der Waals surface area contributed by atoms with Crippen molar-refractivity contribution in [3.05, 3.63) is 48.0 Å². The summed E-state index contributed by atoms with van der Waals surface area (Å²) in [6.07, 6.45) is 0.992. The van der Waals surface area contributed by atoms with Crippen LogP contribution in [0.15, 0.2) is 36.7 Å². The van der Waals surface area contributed by atoms with Gasteiger partial charge >= 0.3 is 0 Å². The average Bonchev–Trinajstić information content (AvgIpc) is 2.90. The lowest BCUT2D eigenvalue weighted by atomic mass is 10.2. The number of rotatable bonds is 7. The molecule has 1 aromatic carbocycles. The molecule has 6 heteroatoms. The van der Waals surface area contributed by atoms with Gasteiger partial charge in [-0.3, -0.25) is 0 Å². The predicted molar refractivity (Wildman–Crippen MR) is 67.1 cm³/mol. The van der Waals surface area contributed by atoms with Crippen LogP contribution in [0.25, 0.3) is 0 Å². The van der Waals surface area contributed by atoms with Crippen LogP contribution in [0.4, 0.5) is 8.78 Å². The van der Waals surface area contributed by atoms with Crippen LogP contribution in [-0.2, 0) is 13.1 Å². The van der Waals surface area contributed by atoms with Crippen molar-refractivity contribution < 1.29 is 13.5 Å². The SMILES string of the molecule is FC(F)COc1cccc(CNCc2ncc[nH]2)c1. The van der Waals surface area contributed by atoms with Crippen molar-refractivity contribution in [1.29, 1.82) is 0 Å². The second-order valence-corrected chi connectivity index (χ2v) is 3.99. The van der Waals surface area contributed by atoms with Crippen LogP contribution in [0, 0.1) is 0 Å². The third-order valence-corrected chi connectivity index (χ3v) is 2.45. The number of hydrogen-bond donors (Lipinski definition) is 2.